The van der Waals surface area contributed by atoms with Crippen molar-refractivity contribution in [2.75, 3.05) is 4.72 Å². The normalized spacial score (nSPS) is 11.3. The fourth-order valence-electron chi connectivity index (χ4n) is 2.33. The smallest absolute Gasteiger partial charge is 0.236 e. The fraction of sp³-hybridized carbons (Fsp3) is 0.118. The highest BCUT2D eigenvalue weighted by molar-refractivity contribution is 7.91. The summed E-state index contributed by atoms with van der Waals surface area (Å²) in [5, 5.41) is 0. The standard InChI is InChI=1S/C17H17N3O2S/c1-13-18-11-17(19-13)15-8-5-9-16(10-15)20-23(21,22)12-14-6-3-2-4-7-14/h2-11,20H,12H2,1H3,(H,18,19). The first-order chi connectivity index (χ1) is 11.0. The van der Waals surface area contributed by atoms with Crippen molar-refractivity contribution in [3.8, 4) is 11.3 Å². The Kier molecular flexibility index (Phi) is 4.16. The number of nitrogens with one attached hydrogen (secondary N) is 2. The van der Waals surface area contributed by atoms with E-state index in [-0.39, 0.29) is 5.75 Å². The Morgan fingerprint density at radius 3 is 2.57 bits per heavy atom. The maximum absolute atomic E-state index is 12.3. The minimum absolute atomic E-state index is 0.0543. The van der Waals surface area contributed by atoms with Crippen molar-refractivity contribution in [1.82, 2.24) is 9.97 Å². The summed E-state index contributed by atoms with van der Waals surface area (Å²) in [7, 11) is -3.46. The molecule has 118 valence electrons. The van der Waals surface area contributed by atoms with Gasteiger partial charge in [-0.3, -0.25) is 4.72 Å². The van der Waals surface area contributed by atoms with E-state index in [0.29, 0.717) is 5.69 Å². The predicted molar refractivity (Wildman–Crippen MR) is 91.4 cm³/mol. The topological polar surface area (TPSA) is 74.8 Å². The summed E-state index contributed by atoms with van der Waals surface area (Å²) < 4.78 is 27.2. The summed E-state index contributed by atoms with van der Waals surface area (Å²) in [6.45, 7) is 1.87. The first-order valence-electron chi connectivity index (χ1n) is 7.18. The fourth-order valence-corrected chi connectivity index (χ4v) is 3.52. The first kappa shape index (κ1) is 15.3. The van der Waals surface area contributed by atoms with E-state index in [0.717, 1.165) is 22.6 Å². The molecule has 0 saturated heterocycles. The molecule has 0 radical (unpaired) electrons. The van der Waals surface area contributed by atoms with E-state index >= 15 is 0 Å². The van der Waals surface area contributed by atoms with Gasteiger partial charge in [0, 0.05) is 11.3 Å². The molecule has 0 amide bonds. The lowest BCUT2D eigenvalue weighted by Crippen LogP contribution is -2.15. The number of H-pyrrole nitrogens is 1. The van der Waals surface area contributed by atoms with Crippen LogP contribution < -0.4 is 4.72 Å². The Bertz CT molecular complexity index is 902. The van der Waals surface area contributed by atoms with Crippen LogP contribution in [0.5, 0.6) is 0 Å². The van der Waals surface area contributed by atoms with Crippen LogP contribution in [-0.2, 0) is 15.8 Å². The number of imidazole rings is 1. The van der Waals surface area contributed by atoms with Gasteiger partial charge in [0.05, 0.1) is 17.6 Å². The van der Waals surface area contributed by atoms with E-state index in [2.05, 4.69) is 14.7 Å². The van der Waals surface area contributed by atoms with Crippen LogP contribution in [0.25, 0.3) is 11.3 Å². The third-order valence-corrected chi connectivity index (χ3v) is 4.61. The lowest BCUT2D eigenvalue weighted by atomic mass is 10.1. The van der Waals surface area contributed by atoms with Crippen molar-refractivity contribution in [3.05, 3.63) is 72.2 Å². The summed E-state index contributed by atoms with van der Waals surface area (Å²) >= 11 is 0. The molecule has 2 aromatic carbocycles. The molecule has 1 heterocycles. The molecule has 0 aliphatic rings. The molecule has 0 fully saturated rings. The van der Waals surface area contributed by atoms with E-state index in [1.165, 1.54) is 0 Å². The molecule has 5 nitrogen and oxygen atoms in total. The van der Waals surface area contributed by atoms with Crippen molar-refractivity contribution in [2.45, 2.75) is 12.7 Å². The van der Waals surface area contributed by atoms with Gasteiger partial charge >= 0.3 is 0 Å². The number of hydrogen-bond acceptors (Lipinski definition) is 3. The largest absolute Gasteiger partial charge is 0.342 e. The molecular formula is C17H17N3O2S. The minimum atomic E-state index is -3.46. The highest BCUT2D eigenvalue weighted by Gasteiger charge is 2.12. The summed E-state index contributed by atoms with van der Waals surface area (Å²) in [6, 6.07) is 16.3. The lowest BCUT2D eigenvalue weighted by molar-refractivity contribution is 0.600. The monoisotopic (exact) mass is 327 g/mol. The zero-order valence-corrected chi connectivity index (χ0v) is 13.5. The van der Waals surface area contributed by atoms with Crippen molar-refractivity contribution in [2.24, 2.45) is 0 Å². The molecule has 0 saturated carbocycles. The SMILES string of the molecule is Cc1ncc(-c2cccc(NS(=O)(=O)Cc3ccccc3)c2)[nH]1. The van der Waals surface area contributed by atoms with E-state index < -0.39 is 10.0 Å². The number of aromatic nitrogens is 2. The van der Waals surface area contributed by atoms with Crippen LogP contribution in [-0.4, -0.2) is 18.4 Å². The number of benzene rings is 2. The number of sulfonamides is 1. The second-order valence-electron chi connectivity index (χ2n) is 5.31. The van der Waals surface area contributed by atoms with Gasteiger partial charge in [-0.1, -0.05) is 42.5 Å². The molecule has 0 aliphatic heterocycles. The van der Waals surface area contributed by atoms with Crippen LogP contribution >= 0.6 is 0 Å². The van der Waals surface area contributed by atoms with E-state index in [4.69, 9.17) is 0 Å². The zero-order valence-electron chi connectivity index (χ0n) is 12.7. The van der Waals surface area contributed by atoms with Crippen LogP contribution in [0.4, 0.5) is 5.69 Å². The highest BCUT2D eigenvalue weighted by atomic mass is 32.2. The van der Waals surface area contributed by atoms with Crippen molar-refractivity contribution < 1.29 is 8.42 Å². The number of hydrogen-bond donors (Lipinski definition) is 2. The molecule has 0 atom stereocenters. The van der Waals surface area contributed by atoms with Crippen LogP contribution in [0.3, 0.4) is 0 Å². The molecule has 0 bridgehead atoms. The number of rotatable bonds is 5. The van der Waals surface area contributed by atoms with Gasteiger partial charge in [-0.15, -0.1) is 0 Å². The molecule has 3 rings (SSSR count). The van der Waals surface area contributed by atoms with Gasteiger partial charge in [0.15, 0.2) is 0 Å². The Morgan fingerprint density at radius 2 is 1.87 bits per heavy atom. The maximum atomic E-state index is 12.3. The van der Waals surface area contributed by atoms with Gasteiger partial charge in [-0.2, -0.15) is 0 Å². The highest BCUT2D eigenvalue weighted by Crippen LogP contribution is 2.22. The second-order valence-corrected chi connectivity index (χ2v) is 7.03. The molecule has 1 aromatic heterocycles. The molecular weight excluding hydrogens is 310 g/mol. The average molecular weight is 327 g/mol. The second kappa shape index (κ2) is 6.26. The minimum Gasteiger partial charge on any atom is -0.342 e. The molecule has 0 spiro atoms. The lowest BCUT2D eigenvalue weighted by Gasteiger charge is -2.09. The van der Waals surface area contributed by atoms with E-state index in [1.807, 2.05) is 37.3 Å². The third-order valence-electron chi connectivity index (χ3n) is 3.35. The summed E-state index contributed by atoms with van der Waals surface area (Å²) in [5.74, 6) is 0.761. The predicted octanol–water partition coefficient (Wildman–Crippen LogP) is 3.33. The average Bonchev–Trinajstić information content (AvgIpc) is 2.94. The molecule has 0 aliphatic carbocycles. The van der Waals surface area contributed by atoms with Gasteiger partial charge in [0.2, 0.25) is 10.0 Å². The molecule has 2 N–H and O–H groups in total. The Labute approximate surface area is 135 Å². The third kappa shape index (κ3) is 3.98. The molecule has 0 unspecified atom stereocenters. The van der Waals surface area contributed by atoms with Crippen molar-refractivity contribution in [1.29, 1.82) is 0 Å². The molecule has 6 heteroatoms. The van der Waals surface area contributed by atoms with Gasteiger partial charge in [-0.05, 0) is 24.6 Å². The summed E-state index contributed by atoms with van der Waals surface area (Å²) in [5.41, 5.74) is 3.02. The number of anilines is 1. The van der Waals surface area contributed by atoms with Gasteiger partial charge in [0.1, 0.15) is 5.82 Å². The van der Waals surface area contributed by atoms with E-state index in [1.54, 1.807) is 30.5 Å². The van der Waals surface area contributed by atoms with E-state index in [9.17, 15) is 8.42 Å². The van der Waals surface area contributed by atoms with Crippen molar-refractivity contribution in [3.63, 3.8) is 0 Å². The van der Waals surface area contributed by atoms with Gasteiger partial charge in [0.25, 0.3) is 0 Å². The number of aromatic amines is 1. The molecule has 23 heavy (non-hydrogen) atoms. The Balaban J connectivity index is 1.80. The molecule has 3 aromatic rings. The van der Waals surface area contributed by atoms with Crippen LogP contribution in [0.1, 0.15) is 11.4 Å². The van der Waals surface area contributed by atoms with Gasteiger partial charge in [-0.25, -0.2) is 13.4 Å². The summed E-state index contributed by atoms with van der Waals surface area (Å²) in [6.07, 6.45) is 1.73. The summed E-state index contributed by atoms with van der Waals surface area (Å²) in [4.78, 5) is 7.29. The number of nitrogens with zero attached hydrogens (tertiary/aromatic N) is 1. The first-order valence-corrected chi connectivity index (χ1v) is 8.83. The van der Waals surface area contributed by atoms with Gasteiger partial charge < -0.3 is 4.98 Å². The Hall–Kier alpha value is -2.60. The quantitative estimate of drug-likeness (QED) is 0.755. The zero-order chi connectivity index (χ0) is 16.3. The number of aryl methyl sites for hydroxylation is 1. The van der Waals surface area contributed by atoms with Crippen molar-refractivity contribution >= 4 is 15.7 Å². The Morgan fingerprint density at radius 1 is 1.09 bits per heavy atom. The van der Waals surface area contributed by atoms with Crippen LogP contribution in [0.2, 0.25) is 0 Å². The van der Waals surface area contributed by atoms with Crippen LogP contribution in [0.15, 0.2) is 60.8 Å². The van der Waals surface area contributed by atoms with Crippen LogP contribution in [0, 0.1) is 6.92 Å². The maximum Gasteiger partial charge on any atom is 0.236 e.